The first-order valence-corrected chi connectivity index (χ1v) is 8.26. The molecule has 0 saturated heterocycles. The molecule has 0 unspecified atom stereocenters. The third-order valence-electron chi connectivity index (χ3n) is 4.06. The summed E-state index contributed by atoms with van der Waals surface area (Å²) >= 11 is 0. The van der Waals surface area contributed by atoms with E-state index in [1.807, 2.05) is 6.07 Å². The Morgan fingerprint density at radius 1 is 1.19 bits per heavy atom. The number of nitrogens with one attached hydrogen (secondary N) is 1. The van der Waals surface area contributed by atoms with Gasteiger partial charge in [-0.05, 0) is 48.6 Å². The number of aryl methyl sites for hydroxylation is 2. The highest BCUT2D eigenvalue weighted by molar-refractivity contribution is 5.92. The largest absolute Gasteiger partial charge is 0.476 e. The van der Waals surface area contributed by atoms with Crippen molar-refractivity contribution in [1.29, 1.82) is 0 Å². The molecule has 2 aromatic rings. The maximum Gasteiger partial charge on any atom is 0.417 e. The molecule has 0 aliphatic heterocycles. The summed E-state index contributed by atoms with van der Waals surface area (Å²) in [5, 5.41) is 3.03. The molecular formula is C18H19F3N4O. The van der Waals surface area contributed by atoms with Crippen LogP contribution in [0.3, 0.4) is 0 Å². The van der Waals surface area contributed by atoms with Gasteiger partial charge < -0.3 is 15.8 Å². The van der Waals surface area contributed by atoms with E-state index in [4.69, 9.17) is 10.5 Å². The minimum Gasteiger partial charge on any atom is -0.476 e. The standard InChI is InChI=1S/C18H19F3N4O/c19-18(20,21)14-5-7-16(24-11-14)26-9-8-23-17(22)25-15-6-4-12-2-1-3-13(12)10-15/h4-7,10-11H,1-3,8-9H2,(H3,22,23,25). The molecule has 26 heavy (non-hydrogen) atoms. The predicted octanol–water partition coefficient (Wildman–Crippen LogP) is 3.39. The number of pyridine rings is 1. The minimum absolute atomic E-state index is 0.110. The zero-order chi connectivity index (χ0) is 18.6. The first-order valence-electron chi connectivity index (χ1n) is 8.26. The van der Waals surface area contributed by atoms with Crippen molar-refractivity contribution in [3.8, 4) is 5.88 Å². The second-order valence-corrected chi connectivity index (χ2v) is 5.96. The van der Waals surface area contributed by atoms with E-state index in [0.29, 0.717) is 0 Å². The molecule has 3 rings (SSSR count). The summed E-state index contributed by atoms with van der Waals surface area (Å²) in [6, 6.07) is 8.24. The molecule has 3 N–H and O–H groups in total. The van der Waals surface area contributed by atoms with Gasteiger partial charge in [0.25, 0.3) is 0 Å². The Morgan fingerprint density at radius 3 is 2.73 bits per heavy atom. The fraction of sp³-hybridized carbons (Fsp3) is 0.333. The topological polar surface area (TPSA) is 72.5 Å². The van der Waals surface area contributed by atoms with Crippen LogP contribution < -0.4 is 15.8 Å². The molecule has 5 nitrogen and oxygen atoms in total. The fourth-order valence-corrected chi connectivity index (χ4v) is 2.79. The highest BCUT2D eigenvalue weighted by Gasteiger charge is 2.30. The summed E-state index contributed by atoms with van der Waals surface area (Å²) in [6.45, 7) is 0.414. The molecule has 8 heteroatoms. The normalized spacial score (nSPS) is 14.2. The SMILES string of the molecule is NC(=NCCOc1ccc(C(F)(F)F)cn1)Nc1ccc2c(c1)CCC2. The molecule has 1 aromatic heterocycles. The van der Waals surface area contributed by atoms with E-state index in [0.717, 1.165) is 30.8 Å². The number of halogens is 3. The summed E-state index contributed by atoms with van der Waals surface area (Å²) in [5.74, 6) is 0.366. The lowest BCUT2D eigenvalue weighted by molar-refractivity contribution is -0.137. The maximum atomic E-state index is 12.4. The van der Waals surface area contributed by atoms with Gasteiger partial charge in [-0.15, -0.1) is 0 Å². The van der Waals surface area contributed by atoms with Crippen molar-refractivity contribution in [3.05, 3.63) is 53.2 Å². The molecule has 0 bridgehead atoms. The Bertz CT molecular complexity index is 788. The predicted molar refractivity (Wildman–Crippen MR) is 93.3 cm³/mol. The van der Waals surface area contributed by atoms with Gasteiger partial charge in [0.1, 0.15) is 6.61 Å². The van der Waals surface area contributed by atoms with Gasteiger partial charge in [-0.3, -0.25) is 0 Å². The number of benzene rings is 1. The monoisotopic (exact) mass is 364 g/mol. The number of aromatic nitrogens is 1. The van der Waals surface area contributed by atoms with Gasteiger partial charge in [-0.1, -0.05) is 6.07 Å². The summed E-state index contributed by atoms with van der Waals surface area (Å²) < 4.78 is 42.6. The van der Waals surface area contributed by atoms with Crippen molar-refractivity contribution in [2.75, 3.05) is 18.5 Å². The smallest absolute Gasteiger partial charge is 0.417 e. The molecule has 0 radical (unpaired) electrons. The van der Waals surface area contributed by atoms with Crippen LogP contribution in [0.2, 0.25) is 0 Å². The van der Waals surface area contributed by atoms with Crippen molar-refractivity contribution in [2.45, 2.75) is 25.4 Å². The van der Waals surface area contributed by atoms with E-state index >= 15 is 0 Å². The molecule has 0 amide bonds. The van der Waals surface area contributed by atoms with Crippen LogP contribution in [0.4, 0.5) is 18.9 Å². The molecule has 1 heterocycles. The number of ether oxygens (including phenoxy) is 1. The Kier molecular flexibility index (Phi) is 5.29. The molecule has 138 valence electrons. The number of fused-ring (bicyclic) bond motifs is 1. The minimum atomic E-state index is -4.41. The van der Waals surface area contributed by atoms with Gasteiger partial charge in [-0.25, -0.2) is 9.98 Å². The second kappa shape index (κ2) is 7.63. The molecule has 1 aliphatic rings. The van der Waals surface area contributed by atoms with Crippen LogP contribution in [0.5, 0.6) is 5.88 Å². The lowest BCUT2D eigenvalue weighted by atomic mass is 10.1. The zero-order valence-corrected chi connectivity index (χ0v) is 14.0. The van der Waals surface area contributed by atoms with E-state index in [2.05, 4.69) is 27.4 Å². The molecular weight excluding hydrogens is 345 g/mol. The van der Waals surface area contributed by atoms with Gasteiger partial charge in [-0.2, -0.15) is 13.2 Å². The molecule has 0 saturated carbocycles. The molecule has 1 aliphatic carbocycles. The van der Waals surface area contributed by atoms with E-state index in [1.165, 1.54) is 23.6 Å². The lowest BCUT2D eigenvalue weighted by Gasteiger charge is -2.09. The average Bonchev–Trinajstić information content (AvgIpc) is 3.06. The van der Waals surface area contributed by atoms with Crippen LogP contribution in [0.15, 0.2) is 41.5 Å². The fourth-order valence-electron chi connectivity index (χ4n) is 2.79. The Labute approximate surface area is 149 Å². The summed E-state index contributed by atoms with van der Waals surface area (Å²) in [4.78, 5) is 7.76. The van der Waals surface area contributed by atoms with Crippen LogP contribution in [-0.2, 0) is 19.0 Å². The molecule has 0 fully saturated rings. The molecule has 0 spiro atoms. The number of rotatable bonds is 5. The van der Waals surface area contributed by atoms with Gasteiger partial charge in [0.05, 0.1) is 12.1 Å². The number of hydrogen-bond donors (Lipinski definition) is 2. The highest BCUT2D eigenvalue weighted by Crippen LogP contribution is 2.29. The number of nitrogens with zero attached hydrogens (tertiary/aromatic N) is 2. The van der Waals surface area contributed by atoms with E-state index in [9.17, 15) is 13.2 Å². The van der Waals surface area contributed by atoms with Crippen molar-refractivity contribution < 1.29 is 17.9 Å². The molecule has 1 aromatic carbocycles. The van der Waals surface area contributed by atoms with Crippen molar-refractivity contribution >= 4 is 11.6 Å². The first kappa shape index (κ1) is 18.0. The van der Waals surface area contributed by atoms with Crippen LogP contribution in [0.25, 0.3) is 0 Å². The number of alkyl halides is 3. The number of guanidine groups is 1. The van der Waals surface area contributed by atoms with Crippen molar-refractivity contribution in [2.24, 2.45) is 10.7 Å². The quantitative estimate of drug-likeness (QED) is 0.485. The second-order valence-electron chi connectivity index (χ2n) is 5.96. The number of hydrogen-bond acceptors (Lipinski definition) is 3. The van der Waals surface area contributed by atoms with E-state index in [1.54, 1.807) is 0 Å². The lowest BCUT2D eigenvalue weighted by Crippen LogP contribution is -2.23. The first-order chi connectivity index (χ1) is 12.4. The number of nitrogens with two attached hydrogens (primary N) is 1. The van der Waals surface area contributed by atoms with Crippen molar-refractivity contribution in [1.82, 2.24) is 4.98 Å². The van der Waals surface area contributed by atoms with Gasteiger partial charge in [0.15, 0.2) is 5.96 Å². The Balaban J connectivity index is 1.46. The van der Waals surface area contributed by atoms with E-state index < -0.39 is 11.7 Å². The summed E-state index contributed by atoms with van der Waals surface area (Å²) in [5.41, 5.74) is 8.62. The van der Waals surface area contributed by atoms with Gasteiger partial charge in [0, 0.05) is 18.0 Å². The van der Waals surface area contributed by atoms with Crippen LogP contribution in [0, 0.1) is 0 Å². The Hall–Kier alpha value is -2.77. The number of anilines is 1. The Morgan fingerprint density at radius 2 is 2.00 bits per heavy atom. The molecule has 0 atom stereocenters. The van der Waals surface area contributed by atoms with E-state index in [-0.39, 0.29) is 25.0 Å². The van der Waals surface area contributed by atoms with Gasteiger partial charge >= 0.3 is 6.18 Å². The summed E-state index contributed by atoms with van der Waals surface area (Å²) in [7, 11) is 0. The third-order valence-corrected chi connectivity index (χ3v) is 4.06. The highest BCUT2D eigenvalue weighted by atomic mass is 19.4. The zero-order valence-electron chi connectivity index (χ0n) is 14.0. The average molecular weight is 364 g/mol. The number of aliphatic imine (C=N–C) groups is 1. The van der Waals surface area contributed by atoms with Gasteiger partial charge in [0.2, 0.25) is 5.88 Å². The maximum absolute atomic E-state index is 12.4. The third kappa shape index (κ3) is 4.65. The summed E-state index contributed by atoms with van der Waals surface area (Å²) in [6.07, 6.45) is -0.294. The van der Waals surface area contributed by atoms with Crippen molar-refractivity contribution in [3.63, 3.8) is 0 Å². The van der Waals surface area contributed by atoms with Crippen LogP contribution in [0.1, 0.15) is 23.1 Å². The van der Waals surface area contributed by atoms with Crippen LogP contribution >= 0.6 is 0 Å². The van der Waals surface area contributed by atoms with Crippen LogP contribution in [-0.4, -0.2) is 24.1 Å².